The van der Waals surface area contributed by atoms with Crippen LogP contribution in [-0.4, -0.2) is 25.9 Å². The van der Waals surface area contributed by atoms with Crippen molar-refractivity contribution in [1.29, 1.82) is 0 Å². The molecule has 4 aromatic rings. The molecule has 3 aromatic carbocycles. The summed E-state index contributed by atoms with van der Waals surface area (Å²) < 4.78 is 4.05. The molecule has 2 aliphatic heterocycles. The maximum Gasteiger partial charge on any atom is 0.352 e. The fraction of sp³-hybridized carbons (Fsp3) is 0.138. The summed E-state index contributed by atoms with van der Waals surface area (Å²) in [7, 11) is 0. The van der Waals surface area contributed by atoms with Crippen molar-refractivity contribution in [3.8, 4) is 5.69 Å². The van der Waals surface area contributed by atoms with Crippen LogP contribution in [0.1, 0.15) is 11.6 Å². The number of para-hydroxylation sites is 2. The first kappa shape index (κ1) is 21.9. The first-order chi connectivity index (χ1) is 17.6. The largest absolute Gasteiger partial charge is 0.352 e. The Balaban J connectivity index is 1.44. The number of hydrogen-bond acceptors (Lipinski definition) is 3. The number of carbonyl (C=O) groups is 1. The lowest BCUT2D eigenvalue weighted by molar-refractivity contribution is -0.130. The van der Waals surface area contributed by atoms with E-state index < -0.39 is 23.3 Å². The van der Waals surface area contributed by atoms with E-state index in [0.29, 0.717) is 5.69 Å². The third-order valence-corrected chi connectivity index (χ3v) is 6.84. The molecule has 3 heterocycles. The summed E-state index contributed by atoms with van der Waals surface area (Å²) in [5, 5.41) is 0. The maximum atomic E-state index is 13.6. The van der Waals surface area contributed by atoms with Crippen LogP contribution in [0.5, 0.6) is 0 Å². The normalized spacial score (nSPS) is 20.9. The van der Waals surface area contributed by atoms with Crippen LogP contribution >= 0.6 is 0 Å². The molecular formula is C29H24N4O3. The van der Waals surface area contributed by atoms with Crippen LogP contribution in [0.3, 0.4) is 0 Å². The smallest absolute Gasteiger partial charge is 0.304 e. The van der Waals surface area contributed by atoms with Crippen molar-refractivity contribution in [2.75, 3.05) is 4.90 Å². The van der Waals surface area contributed by atoms with E-state index in [-0.39, 0.29) is 18.5 Å². The minimum atomic E-state index is -0.582. The molecule has 0 saturated carbocycles. The molecule has 0 N–H and O–H groups in total. The van der Waals surface area contributed by atoms with Crippen molar-refractivity contribution in [2.24, 2.45) is 5.92 Å². The molecule has 0 bridgehead atoms. The van der Waals surface area contributed by atoms with Crippen molar-refractivity contribution in [1.82, 2.24) is 13.9 Å². The average Bonchev–Trinajstić information content (AvgIpc) is 3.18. The molecule has 1 saturated heterocycles. The van der Waals surface area contributed by atoms with Gasteiger partial charge >= 0.3 is 11.4 Å². The maximum absolute atomic E-state index is 13.6. The van der Waals surface area contributed by atoms with Gasteiger partial charge in [0.05, 0.1) is 30.2 Å². The van der Waals surface area contributed by atoms with Crippen LogP contribution in [0.15, 0.2) is 119 Å². The number of fused-ring (bicyclic) bond motifs is 1. The number of β-lactam (4-membered cyclic amide) rings is 1. The lowest BCUT2D eigenvalue weighted by atomic mass is 9.79. The molecule has 0 spiro atoms. The molecule has 178 valence electrons. The lowest BCUT2D eigenvalue weighted by Crippen LogP contribution is -2.63. The number of amides is 1. The number of rotatable bonds is 5. The van der Waals surface area contributed by atoms with Crippen LogP contribution in [0, 0.1) is 5.92 Å². The minimum absolute atomic E-state index is 0.0844. The molecule has 36 heavy (non-hydrogen) atoms. The van der Waals surface area contributed by atoms with Gasteiger partial charge in [0.25, 0.3) is 0 Å². The number of allylic oxidation sites excluding steroid dienone is 2. The fourth-order valence-corrected chi connectivity index (χ4v) is 5.15. The van der Waals surface area contributed by atoms with Crippen molar-refractivity contribution in [2.45, 2.75) is 18.6 Å². The van der Waals surface area contributed by atoms with Crippen molar-refractivity contribution in [3.05, 3.63) is 136 Å². The third-order valence-electron chi connectivity index (χ3n) is 6.84. The second-order valence-electron chi connectivity index (χ2n) is 8.91. The molecule has 6 rings (SSSR count). The highest BCUT2D eigenvalue weighted by molar-refractivity contribution is 6.04. The van der Waals surface area contributed by atoms with E-state index in [2.05, 4.69) is 0 Å². The molecule has 0 radical (unpaired) electrons. The van der Waals surface area contributed by atoms with Gasteiger partial charge in [0, 0.05) is 5.69 Å². The van der Waals surface area contributed by atoms with Crippen LogP contribution in [0.4, 0.5) is 5.69 Å². The number of nitrogens with zero attached hydrogens (tertiary/aromatic N) is 4. The van der Waals surface area contributed by atoms with Gasteiger partial charge in [-0.3, -0.25) is 4.79 Å². The monoisotopic (exact) mass is 476 g/mol. The standard InChI is InChI=1S/C29H24N4O3/c34-27-26(24(19-18-21-11-4-1-5-12-21)31(27)22-13-6-2-7-14-22)25-17-10-20-30-28(35)32(29(36)33(25)30)23-15-8-3-9-16-23/h1-19,24-26H,20H2/b19-18+/t24-,25-,26+/m0/s1. The molecule has 1 fully saturated rings. The molecule has 7 nitrogen and oxygen atoms in total. The van der Waals surface area contributed by atoms with E-state index >= 15 is 0 Å². The van der Waals surface area contributed by atoms with E-state index in [9.17, 15) is 14.4 Å². The van der Waals surface area contributed by atoms with Crippen LogP contribution < -0.4 is 16.3 Å². The van der Waals surface area contributed by atoms with Gasteiger partial charge < -0.3 is 4.90 Å². The molecule has 1 aromatic heterocycles. The Hall–Kier alpha value is -4.65. The summed E-state index contributed by atoms with van der Waals surface area (Å²) in [5.74, 6) is -0.615. The first-order valence-electron chi connectivity index (χ1n) is 11.9. The molecule has 7 heteroatoms. The van der Waals surface area contributed by atoms with Crippen molar-refractivity contribution in [3.63, 3.8) is 0 Å². The predicted octanol–water partition coefficient (Wildman–Crippen LogP) is 3.66. The van der Waals surface area contributed by atoms with Gasteiger partial charge in [0.1, 0.15) is 0 Å². The summed E-state index contributed by atoms with van der Waals surface area (Å²) in [4.78, 5) is 42.2. The molecule has 2 aliphatic rings. The average molecular weight is 477 g/mol. The molecular weight excluding hydrogens is 452 g/mol. The number of aromatic nitrogens is 3. The summed E-state index contributed by atoms with van der Waals surface area (Å²) in [5.41, 5.74) is 1.47. The highest BCUT2D eigenvalue weighted by Crippen LogP contribution is 2.41. The van der Waals surface area contributed by atoms with Gasteiger partial charge in [0.15, 0.2) is 0 Å². The summed E-state index contributed by atoms with van der Waals surface area (Å²) in [6.07, 6.45) is 7.75. The highest BCUT2D eigenvalue weighted by Gasteiger charge is 2.52. The minimum Gasteiger partial charge on any atom is -0.304 e. The second-order valence-corrected chi connectivity index (χ2v) is 8.91. The fourth-order valence-electron chi connectivity index (χ4n) is 5.15. The molecule has 0 aliphatic carbocycles. The quantitative estimate of drug-likeness (QED) is 0.326. The Bertz CT molecular complexity index is 1580. The number of hydrogen-bond donors (Lipinski definition) is 0. The lowest BCUT2D eigenvalue weighted by Gasteiger charge is -2.48. The number of benzene rings is 3. The van der Waals surface area contributed by atoms with Crippen LogP contribution in [-0.2, 0) is 11.3 Å². The topological polar surface area (TPSA) is 69.2 Å². The van der Waals surface area contributed by atoms with E-state index in [1.165, 1.54) is 13.9 Å². The Morgan fingerprint density at radius 2 is 1.33 bits per heavy atom. The van der Waals surface area contributed by atoms with Gasteiger partial charge in [-0.2, -0.15) is 0 Å². The number of carbonyl (C=O) groups excluding carboxylic acids is 1. The van der Waals surface area contributed by atoms with Crippen molar-refractivity contribution < 1.29 is 4.79 Å². The van der Waals surface area contributed by atoms with E-state index in [1.807, 2.05) is 91.0 Å². The van der Waals surface area contributed by atoms with E-state index in [4.69, 9.17) is 0 Å². The zero-order valence-electron chi connectivity index (χ0n) is 19.4. The molecule has 1 amide bonds. The van der Waals surface area contributed by atoms with E-state index in [0.717, 1.165) is 11.3 Å². The Morgan fingerprint density at radius 3 is 2.00 bits per heavy atom. The van der Waals surface area contributed by atoms with Gasteiger partial charge in [-0.15, -0.1) is 0 Å². The Labute approximate surface area is 207 Å². The second kappa shape index (κ2) is 8.85. The summed E-state index contributed by atoms with van der Waals surface area (Å²) in [6, 6.07) is 27.4. The zero-order chi connectivity index (χ0) is 24.6. The summed E-state index contributed by atoms with van der Waals surface area (Å²) in [6.45, 7) is 0.276. The van der Waals surface area contributed by atoms with Crippen LogP contribution in [0.2, 0.25) is 0 Å². The van der Waals surface area contributed by atoms with Gasteiger partial charge in [0.2, 0.25) is 5.91 Å². The molecule has 0 unspecified atom stereocenters. The summed E-state index contributed by atoms with van der Waals surface area (Å²) >= 11 is 0. The Kier molecular flexibility index (Phi) is 5.37. The Morgan fingerprint density at radius 1 is 0.722 bits per heavy atom. The van der Waals surface area contributed by atoms with Crippen molar-refractivity contribution >= 4 is 17.7 Å². The van der Waals surface area contributed by atoms with Gasteiger partial charge in [-0.1, -0.05) is 91.0 Å². The highest BCUT2D eigenvalue weighted by atomic mass is 16.2. The third kappa shape index (κ3) is 3.48. The first-order valence-corrected chi connectivity index (χ1v) is 11.9. The van der Waals surface area contributed by atoms with E-state index in [1.54, 1.807) is 29.2 Å². The van der Waals surface area contributed by atoms with Gasteiger partial charge in [-0.25, -0.2) is 23.5 Å². The van der Waals surface area contributed by atoms with Crippen LogP contribution in [0.25, 0.3) is 11.8 Å². The SMILES string of the molecule is O=C1[C@@H]([C@@H]2C=CCn3c(=O)n(-c4ccccc4)c(=O)n32)[C@H](/C=C/c2ccccc2)N1c1ccccc1. The molecule has 3 atom stereocenters. The predicted molar refractivity (Wildman–Crippen MR) is 139 cm³/mol. The zero-order valence-corrected chi connectivity index (χ0v) is 19.4. The number of anilines is 1. The van der Waals surface area contributed by atoms with Gasteiger partial charge in [-0.05, 0) is 29.8 Å².